The van der Waals surface area contributed by atoms with E-state index in [0.717, 1.165) is 30.6 Å². The van der Waals surface area contributed by atoms with Crippen molar-refractivity contribution in [3.63, 3.8) is 0 Å². The maximum Gasteiger partial charge on any atom is 0.158 e. The number of methoxy groups -OCH3 is 1. The second-order valence-corrected chi connectivity index (χ2v) is 5.50. The predicted octanol–water partition coefficient (Wildman–Crippen LogP) is 1.81. The summed E-state index contributed by atoms with van der Waals surface area (Å²) in [7, 11) is 3.52. The first kappa shape index (κ1) is 16.0. The SMILES string of the molecule is CCN1CCC(CNc2cc(NC)nc(COC)n2)CC1. The number of ether oxygens (including phenoxy) is 1. The highest BCUT2D eigenvalue weighted by Gasteiger charge is 2.18. The van der Waals surface area contributed by atoms with Gasteiger partial charge in [0.1, 0.15) is 18.2 Å². The fraction of sp³-hybridized carbons (Fsp3) is 0.733. The van der Waals surface area contributed by atoms with Crippen LogP contribution in [0.3, 0.4) is 0 Å². The van der Waals surface area contributed by atoms with Gasteiger partial charge in [0, 0.05) is 26.8 Å². The Labute approximate surface area is 127 Å². The zero-order valence-electron chi connectivity index (χ0n) is 13.4. The van der Waals surface area contributed by atoms with Gasteiger partial charge in [0.05, 0.1) is 0 Å². The van der Waals surface area contributed by atoms with E-state index in [2.05, 4.69) is 32.4 Å². The van der Waals surface area contributed by atoms with E-state index in [1.165, 1.54) is 25.9 Å². The van der Waals surface area contributed by atoms with Crippen molar-refractivity contribution < 1.29 is 4.74 Å². The molecule has 0 atom stereocenters. The molecule has 21 heavy (non-hydrogen) atoms. The minimum Gasteiger partial charge on any atom is -0.377 e. The lowest BCUT2D eigenvalue weighted by atomic mass is 9.97. The molecule has 2 N–H and O–H groups in total. The van der Waals surface area contributed by atoms with E-state index >= 15 is 0 Å². The van der Waals surface area contributed by atoms with Gasteiger partial charge in [0.2, 0.25) is 0 Å². The number of piperidine rings is 1. The third-order valence-electron chi connectivity index (χ3n) is 4.03. The molecule has 0 aromatic carbocycles. The molecule has 1 aromatic heterocycles. The zero-order valence-corrected chi connectivity index (χ0v) is 13.4. The van der Waals surface area contributed by atoms with Crippen LogP contribution in [-0.4, -0.2) is 55.2 Å². The number of rotatable bonds is 7. The number of hydrogen-bond donors (Lipinski definition) is 2. The molecule has 2 heterocycles. The Morgan fingerprint density at radius 1 is 1.29 bits per heavy atom. The number of aromatic nitrogens is 2. The summed E-state index contributed by atoms with van der Waals surface area (Å²) in [6, 6.07) is 1.94. The van der Waals surface area contributed by atoms with Gasteiger partial charge in [-0.05, 0) is 38.4 Å². The van der Waals surface area contributed by atoms with Crippen molar-refractivity contribution in [2.45, 2.75) is 26.4 Å². The third-order valence-corrected chi connectivity index (χ3v) is 4.03. The lowest BCUT2D eigenvalue weighted by Gasteiger charge is -2.31. The fourth-order valence-corrected chi connectivity index (χ4v) is 2.67. The molecule has 0 spiro atoms. The van der Waals surface area contributed by atoms with Gasteiger partial charge < -0.3 is 20.3 Å². The first-order chi connectivity index (χ1) is 10.2. The molecule has 0 amide bonds. The Morgan fingerprint density at radius 2 is 2.00 bits per heavy atom. The van der Waals surface area contributed by atoms with Crippen LogP contribution in [0.4, 0.5) is 11.6 Å². The quantitative estimate of drug-likeness (QED) is 0.799. The number of anilines is 2. The molecule has 0 unspecified atom stereocenters. The summed E-state index contributed by atoms with van der Waals surface area (Å²) in [4.78, 5) is 11.4. The van der Waals surface area contributed by atoms with Crippen LogP contribution in [0.15, 0.2) is 6.07 Å². The zero-order chi connectivity index (χ0) is 15.1. The van der Waals surface area contributed by atoms with E-state index in [1.807, 2.05) is 13.1 Å². The molecule has 1 saturated heterocycles. The summed E-state index contributed by atoms with van der Waals surface area (Å²) in [5.74, 6) is 3.12. The van der Waals surface area contributed by atoms with Crippen molar-refractivity contribution in [2.75, 3.05) is 51.0 Å². The fourth-order valence-electron chi connectivity index (χ4n) is 2.67. The first-order valence-corrected chi connectivity index (χ1v) is 7.76. The summed E-state index contributed by atoms with van der Waals surface area (Å²) >= 11 is 0. The minimum atomic E-state index is 0.430. The van der Waals surface area contributed by atoms with E-state index in [9.17, 15) is 0 Å². The van der Waals surface area contributed by atoms with Crippen LogP contribution in [0.25, 0.3) is 0 Å². The maximum atomic E-state index is 5.11. The molecule has 6 nitrogen and oxygen atoms in total. The van der Waals surface area contributed by atoms with Gasteiger partial charge in [-0.3, -0.25) is 0 Å². The average molecular weight is 293 g/mol. The predicted molar refractivity (Wildman–Crippen MR) is 85.6 cm³/mol. The summed E-state index contributed by atoms with van der Waals surface area (Å²) in [5, 5.41) is 6.52. The molecule has 0 radical (unpaired) electrons. The van der Waals surface area contributed by atoms with E-state index < -0.39 is 0 Å². The number of likely N-dealkylation sites (tertiary alicyclic amines) is 1. The van der Waals surface area contributed by atoms with Crippen LogP contribution < -0.4 is 10.6 Å². The first-order valence-electron chi connectivity index (χ1n) is 7.76. The smallest absolute Gasteiger partial charge is 0.158 e. The molecule has 1 aliphatic heterocycles. The molecular formula is C15H27N5O. The molecule has 0 aliphatic carbocycles. The van der Waals surface area contributed by atoms with Gasteiger partial charge in [-0.1, -0.05) is 6.92 Å². The normalized spacial score (nSPS) is 16.9. The summed E-state index contributed by atoms with van der Waals surface area (Å²) < 4.78 is 5.11. The molecule has 1 aromatic rings. The van der Waals surface area contributed by atoms with Crippen molar-refractivity contribution in [1.29, 1.82) is 0 Å². The number of nitrogens with zero attached hydrogens (tertiary/aromatic N) is 3. The van der Waals surface area contributed by atoms with E-state index in [1.54, 1.807) is 7.11 Å². The van der Waals surface area contributed by atoms with Gasteiger partial charge in [-0.2, -0.15) is 0 Å². The second-order valence-electron chi connectivity index (χ2n) is 5.50. The lowest BCUT2D eigenvalue weighted by molar-refractivity contribution is 0.178. The summed E-state index contributed by atoms with van der Waals surface area (Å²) in [6.45, 7) is 7.23. The lowest BCUT2D eigenvalue weighted by Crippen LogP contribution is -2.35. The van der Waals surface area contributed by atoms with Gasteiger partial charge in [-0.15, -0.1) is 0 Å². The van der Waals surface area contributed by atoms with E-state index in [4.69, 9.17) is 4.74 Å². The summed E-state index contributed by atoms with van der Waals surface area (Å²) in [5.41, 5.74) is 0. The Hall–Kier alpha value is -1.40. The Morgan fingerprint density at radius 3 is 2.62 bits per heavy atom. The van der Waals surface area contributed by atoms with Gasteiger partial charge in [0.25, 0.3) is 0 Å². The van der Waals surface area contributed by atoms with Crippen molar-refractivity contribution in [1.82, 2.24) is 14.9 Å². The molecule has 1 fully saturated rings. The molecule has 0 saturated carbocycles. The van der Waals surface area contributed by atoms with Crippen LogP contribution in [0.2, 0.25) is 0 Å². The van der Waals surface area contributed by atoms with Crippen molar-refractivity contribution in [3.8, 4) is 0 Å². The maximum absolute atomic E-state index is 5.11. The third kappa shape index (κ3) is 4.82. The van der Waals surface area contributed by atoms with Gasteiger partial charge in [0.15, 0.2) is 5.82 Å². The minimum absolute atomic E-state index is 0.430. The second kappa shape index (κ2) is 8.14. The highest BCUT2D eigenvalue weighted by Crippen LogP contribution is 2.18. The molecular weight excluding hydrogens is 266 g/mol. The highest BCUT2D eigenvalue weighted by atomic mass is 16.5. The van der Waals surface area contributed by atoms with Crippen molar-refractivity contribution in [2.24, 2.45) is 5.92 Å². The van der Waals surface area contributed by atoms with Gasteiger partial charge >= 0.3 is 0 Å². The van der Waals surface area contributed by atoms with Crippen LogP contribution in [0.1, 0.15) is 25.6 Å². The molecule has 2 rings (SSSR count). The monoisotopic (exact) mass is 293 g/mol. The molecule has 0 bridgehead atoms. The Kier molecular flexibility index (Phi) is 6.20. The molecule has 6 heteroatoms. The van der Waals surface area contributed by atoms with Crippen LogP contribution >= 0.6 is 0 Å². The molecule has 1 aliphatic rings. The molecule has 118 valence electrons. The topological polar surface area (TPSA) is 62.3 Å². The Bertz CT molecular complexity index is 432. The van der Waals surface area contributed by atoms with Crippen LogP contribution in [-0.2, 0) is 11.3 Å². The number of nitrogens with one attached hydrogen (secondary N) is 2. The summed E-state index contributed by atoms with van der Waals surface area (Å²) in [6.07, 6.45) is 2.52. The Balaban J connectivity index is 1.89. The van der Waals surface area contributed by atoms with E-state index in [0.29, 0.717) is 12.4 Å². The van der Waals surface area contributed by atoms with E-state index in [-0.39, 0.29) is 0 Å². The van der Waals surface area contributed by atoms with Crippen molar-refractivity contribution >= 4 is 11.6 Å². The van der Waals surface area contributed by atoms with Crippen LogP contribution in [0.5, 0.6) is 0 Å². The van der Waals surface area contributed by atoms with Gasteiger partial charge in [-0.25, -0.2) is 9.97 Å². The largest absolute Gasteiger partial charge is 0.377 e. The standard InChI is InChI=1S/C15H27N5O/c1-4-20-7-5-12(6-8-20)10-17-14-9-13(16-2)18-15(19-14)11-21-3/h9,12H,4-8,10-11H2,1-3H3,(H2,16,17,18,19). The average Bonchev–Trinajstić information content (AvgIpc) is 2.53. The van der Waals surface area contributed by atoms with Crippen molar-refractivity contribution in [3.05, 3.63) is 11.9 Å². The van der Waals surface area contributed by atoms with Crippen LogP contribution in [0, 0.1) is 5.92 Å². The number of hydrogen-bond acceptors (Lipinski definition) is 6. The highest BCUT2D eigenvalue weighted by molar-refractivity contribution is 5.47.